The van der Waals surface area contributed by atoms with E-state index in [-0.39, 0.29) is 34.1 Å². The minimum Gasteiger partial charge on any atom is -0.545 e. The third kappa shape index (κ3) is 4.33. The number of hydrogen-bond donors (Lipinski definition) is 1. The molecule has 1 saturated heterocycles. The quantitative estimate of drug-likeness (QED) is 0.766. The molecule has 2 aromatic rings. The highest BCUT2D eigenvalue weighted by molar-refractivity contribution is 7.89. The first kappa shape index (κ1) is 20.3. The van der Waals surface area contributed by atoms with Gasteiger partial charge in [0.2, 0.25) is 10.0 Å². The number of aromatic carboxylic acids is 1. The van der Waals surface area contributed by atoms with E-state index in [1.54, 1.807) is 0 Å². The largest absolute Gasteiger partial charge is 0.545 e. The van der Waals surface area contributed by atoms with Crippen LogP contribution in [0.3, 0.4) is 0 Å². The van der Waals surface area contributed by atoms with Crippen LogP contribution in [0.4, 0.5) is 5.69 Å². The maximum atomic E-state index is 12.8. The molecule has 1 heterocycles. The number of carboxylic acids is 1. The first-order chi connectivity index (χ1) is 13.3. The lowest BCUT2D eigenvalue weighted by Crippen LogP contribution is -2.40. The summed E-state index contributed by atoms with van der Waals surface area (Å²) < 4.78 is 32.0. The molecule has 10 heteroatoms. The first-order valence-electron chi connectivity index (χ1n) is 8.29. The van der Waals surface area contributed by atoms with E-state index in [0.717, 1.165) is 0 Å². The van der Waals surface area contributed by atoms with Crippen molar-refractivity contribution >= 4 is 39.2 Å². The van der Waals surface area contributed by atoms with Gasteiger partial charge in [-0.3, -0.25) is 4.79 Å². The summed E-state index contributed by atoms with van der Waals surface area (Å²) in [5.74, 6) is -1.95. The Hall–Kier alpha value is -2.46. The zero-order valence-electron chi connectivity index (χ0n) is 14.6. The third-order valence-electron chi connectivity index (χ3n) is 4.17. The zero-order valence-corrected chi connectivity index (χ0v) is 16.1. The van der Waals surface area contributed by atoms with Crippen molar-refractivity contribution in [1.29, 1.82) is 0 Å². The normalized spacial score (nSPS) is 15.2. The molecular formula is C18H16ClN2O6S-. The summed E-state index contributed by atoms with van der Waals surface area (Å²) in [5, 5.41) is 13.4. The Labute approximate surface area is 166 Å². The molecule has 28 heavy (non-hydrogen) atoms. The van der Waals surface area contributed by atoms with Gasteiger partial charge in [-0.25, -0.2) is 8.42 Å². The maximum Gasteiger partial charge on any atom is 0.257 e. The number of benzene rings is 2. The van der Waals surface area contributed by atoms with Gasteiger partial charge >= 0.3 is 0 Å². The van der Waals surface area contributed by atoms with Crippen molar-refractivity contribution in [2.45, 2.75) is 4.90 Å². The molecule has 1 N–H and O–H groups in total. The van der Waals surface area contributed by atoms with Gasteiger partial charge in [-0.05, 0) is 35.9 Å². The second kappa shape index (κ2) is 8.27. The Balaban J connectivity index is 1.84. The molecule has 0 radical (unpaired) electrons. The summed E-state index contributed by atoms with van der Waals surface area (Å²) in [5.41, 5.74) is 0.280. The average Bonchev–Trinajstić information content (AvgIpc) is 2.69. The first-order valence-corrected chi connectivity index (χ1v) is 10.1. The van der Waals surface area contributed by atoms with Gasteiger partial charge in [-0.15, -0.1) is 0 Å². The lowest BCUT2D eigenvalue weighted by molar-refractivity contribution is -0.255. The molecule has 3 rings (SSSR count). The Morgan fingerprint density at radius 3 is 2.32 bits per heavy atom. The minimum absolute atomic E-state index is 0.0139. The van der Waals surface area contributed by atoms with Crippen LogP contribution in [-0.2, 0) is 14.8 Å². The van der Waals surface area contributed by atoms with E-state index in [4.69, 9.17) is 16.3 Å². The number of sulfonamides is 1. The molecule has 148 valence electrons. The fourth-order valence-electron chi connectivity index (χ4n) is 2.66. The molecule has 1 amide bonds. The van der Waals surface area contributed by atoms with Crippen molar-refractivity contribution in [2.24, 2.45) is 0 Å². The number of rotatable bonds is 5. The van der Waals surface area contributed by atoms with Gasteiger partial charge in [0.1, 0.15) is 0 Å². The molecule has 0 atom stereocenters. The Morgan fingerprint density at radius 1 is 1.07 bits per heavy atom. The summed E-state index contributed by atoms with van der Waals surface area (Å²) in [6.07, 6.45) is 0. The molecule has 0 bridgehead atoms. The topological polar surface area (TPSA) is 116 Å². The molecule has 8 nitrogen and oxygen atoms in total. The van der Waals surface area contributed by atoms with Crippen LogP contribution < -0.4 is 10.4 Å². The van der Waals surface area contributed by atoms with Gasteiger partial charge in [0.05, 0.1) is 34.7 Å². The molecule has 2 aromatic carbocycles. The highest BCUT2D eigenvalue weighted by Gasteiger charge is 2.27. The third-order valence-corrected chi connectivity index (χ3v) is 6.39. The number of anilines is 1. The second-order valence-corrected chi connectivity index (χ2v) is 8.32. The van der Waals surface area contributed by atoms with Crippen molar-refractivity contribution < 1.29 is 27.9 Å². The lowest BCUT2D eigenvalue weighted by atomic mass is 10.2. The number of hydrogen-bond acceptors (Lipinski definition) is 6. The van der Waals surface area contributed by atoms with Crippen LogP contribution >= 0.6 is 11.6 Å². The summed E-state index contributed by atoms with van der Waals surface area (Å²) in [7, 11) is -3.78. The summed E-state index contributed by atoms with van der Waals surface area (Å²) in [6, 6.07) is 9.27. The lowest BCUT2D eigenvalue weighted by Gasteiger charge is -2.26. The van der Waals surface area contributed by atoms with Crippen molar-refractivity contribution in [3.63, 3.8) is 0 Å². The van der Waals surface area contributed by atoms with Gasteiger partial charge in [-0.2, -0.15) is 4.31 Å². The Morgan fingerprint density at radius 2 is 1.71 bits per heavy atom. The summed E-state index contributed by atoms with van der Waals surface area (Å²) in [4.78, 5) is 23.3. The van der Waals surface area contributed by atoms with E-state index < -0.39 is 21.9 Å². The van der Waals surface area contributed by atoms with E-state index in [1.165, 1.54) is 46.8 Å². The van der Waals surface area contributed by atoms with Crippen LogP contribution in [0.1, 0.15) is 20.7 Å². The van der Waals surface area contributed by atoms with Crippen LogP contribution in [0.5, 0.6) is 0 Å². The minimum atomic E-state index is -3.78. The summed E-state index contributed by atoms with van der Waals surface area (Å²) >= 11 is 6.08. The summed E-state index contributed by atoms with van der Waals surface area (Å²) in [6.45, 7) is 1.08. The molecule has 0 aliphatic carbocycles. The van der Waals surface area contributed by atoms with Crippen molar-refractivity contribution in [3.05, 3.63) is 58.6 Å². The molecule has 1 aliphatic heterocycles. The van der Waals surface area contributed by atoms with E-state index >= 15 is 0 Å². The van der Waals surface area contributed by atoms with E-state index in [2.05, 4.69) is 5.32 Å². The number of carbonyl (C=O) groups is 2. The van der Waals surface area contributed by atoms with Crippen LogP contribution in [0.2, 0.25) is 5.02 Å². The highest BCUT2D eigenvalue weighted by Crippen LogP contribution is 2.24. The van der Waals surface area contributed by atoms with Gasteiger partial charge in [0, 0.05) is 18.8 Å². The number of amides is 1. The van der Waals surface area contributed by atoms with Gasteiger partial charge in [0.25, 0.3) is 5.91 Å². The van der Waals surface area contributed by atoms with Crippen molar-refractivity contribution in [2.75, 3.05) is 31.6 Å². The molecular weight excluding hydrogens is 408 g/mol. The second-order valence-electron chi connectivity index (χ2n) is 5.98. The zero-order chi connectivity index (χ0) is 20.3. The highest BCUT2D eigenvalue weighted by atomic mass is 35.5. The Bertz CT molecular complexity index is 1000. The predicted molar refractivity (Wildman–Crippen MR) is 99.8 cm³/mol. The molecule has 0 unspecified atom stereocenters. The molecule has 0 aromatic heterocycles. The van der Waals surface area contributed by atoms with Gasteiger partial charge in [-0.1, -0.05) is 23.7 Å². The maximum absolute atomic E-state index is 12.8. The van der Waals surface area contributed by atoms with Crippen LogP contribution in [0, 0.1) is 0 Å². The number of nitrogens with one attached hydrogen (secondary N) is 1. The number of carboxylic acid groups (broad SMARTS) is 1. The van der Waals surface area contributed by atoms with E-state index in [1.807, 2.05) is 0 Å². The van der Waals surface area contributed by atoms with Crippen LogP contribution in [0.25, 0.3) is 0 Å². The molecule has 1 aliphatic rings. The van der Waals surface area contributed by atoms with Crippen molar-refractivity contribution in [3.8, 4) is 0 Å². The standard InChI is InChI=1S/C18H17ClN2O6S/c19-16-6-5-14(28(25,26)21-7-9-27-10-8-21)11-15(16)17(22)20-13-3-1-12(2-4-13)18(23)24/h1-6,11H,7-10H2,(H,20,22)(H,23,24)/p-1. The van der Waals surface area contributed by atoms with Crippen LogP contribution in [-0.4, -0.2) is 50.9 Å². The van der Waals surface area contributed by atoms with E-state index in [0.29, 0.717) is 18.9 Å². The monoisotopic (exact) mass is 423 g/mol. The Kier molecular flexibility index (Phi) is 5.99. The number of ether oxygens (including phenoxy) is 1. The smallest absolute Gasteiger partial charge is 0.257 e. The van der Waals surface area contributed by atoms with E-state index in [9.17, 15) is 23.1 Å². The van der Waals surface area contributed by atoms with Gasteiger partial charge < -0.3 is 20.0 Å². The SMILES string of the molecule is O=C([O-])c1ccc(NC(=O)c2cc(S(=O)(=O)N3CCOCC3)ccc2Cl)cc1. The fourth-order valence-corrected chi connectivity index (χ4v) is 4.30. The number of halogens is 1. The fraction of sp³-hybridized carbons (Fsp3) is 0.222. The van der Waals surface area contributed by atoms with Crippen molar-refractivity contribution in [1.82, 2.24) is 4.31 Å². The van der Waals surface area contributed by atoms with Crippen LogP contribution in [0.15, 0.2) is 47.4 Å². The number of carbonyl (C=O) groups excluding carboxylic acids is 2. The molecule has 0 spiro atoms. The average molecular weight is 424 g/mol. The number of morpholine rings is 1. The predicted octanol–water partition coefficient (Wildman–Crippen LogP) is 0.977. The number of nitrogens with zero attached hydrogens (tertiary/aromatic N) is 1. The van der Waals surface area contributed by atoms with Gasteiger partial charge in [0.15, 0.2) is 0 Å². The molecule has 0 saturated carbocycles. The molecule has 1 fully saturated rings.